The maximum Gasteiger partial charge on any atom is 0.274 e. The molecule has 7 heteroatoms. The Labute approximate surface area is 151 Å². The zero-order chi connectivity index (χ0) is 18.4. The molecule has 2 heterocycles. The lowest BCUT2D eigenvalue weighted by Crippen LogP contribution is -2.77. The van der Waals surface area contributed by atoms with Crippen molar-refractivity contribution in [3.63, 3.8) is 0 Å². The zero-order valence-electron chi connectivity index (χ0n) is 14.9. The molecule has 0 radical (unpaired) electrons. The molecular weight excluding hydrogens is 332 g/mol. The van der Waals surface area contributed by atoms with E-state index in [-0.39, 0.29) is 11.8 Å². The molecule has 136 valence electrons. The van der Waals surface area contributed by atoms with Crippen molar-refractivity contribution in [1.82, 2.24) is 20.4 Å². The number of carbonyl (C=O) groups excluding carboxylic acids is 2. The number of amides is 2. The van der Waals surface area contributed by atoms with Crippen molar-refractivity contribution >= 4 is 11.8 Å². The molecule has 1 saturated carbocycles. The van der Waals surface area contributed by atoms with E-state index in [1.54, 1.807) is 30.2 Å². The van der Waals surface area contributed by atoms with Crippen LogP contribution in [0.4, 0.5) is 0 Å². The summed E-state index contributed by atoms with van der Waals surface area (Å²) in [5.41, 5.74) is 0.887. The number of nitrogens with zero attached hydrogens (tertiary/aromatic N) is 2. The lowest BCUT2D eigenvalue weighted by atomic mass is 9.80. The van der Waals surface area contributed by atoms with Gasteiger partial charge in [0.2, 0.25) is 0 Å². The molecule has 2 N–H and O–H groups in total. The number of carbonyl (C=O) groups is 2. The van der Waals surface area contributed by atoms with Gasteiger partial charge in [0, 0.05) is 31.5 Å². The van der Waals surface area contributed by atoms with Crippen LogP contribution >= 0.6 is 0 Å². The monoisotopic (exact) mass is 354 g/mol. The molecule has 1 saturated heterocycles. The van der Waals surface area contributed by atoms with Crippen LogP contribution in [0.2, 0.25) is 0 Å². The van der Waals surface area contributed by atoms with Gasteiger partial charge in [0.25, 0.3) is 11.8 Å². The summed E-state index contributed by atoms with van der Waals surface area (Å²) in [6.45, 7) is 2.70. The average molecular weight is 354 g/mol. The summed E-state index contributed by atoms with van der Waals surface area (Å²) in [7, 11) is 1.67. The molecule has 1 aromatic heterocycles. The van der Waals surface area contributed by atoms with E-state index in [1.165, 1.54) is 0 Å². The minimum atomic E-state index is -0.560. The molecular formula is C19H22N4O3. The molecule has 0 bridgehead atoms. The number of methoxy groups -OCH3 is 1. The van der Waals surface area contributed by atoms with Gasteiger partial charge in [0.05, 0.1) is 5.60 Å². The minimum Gasteiger partial charge on any atom is -0.376 e. The van der Waals surface area contributed by atoms with Gasteiger partial charge in [-0.1, -0.05) is 18.2 Å². The molecule has 0 unspecified atom stereocenters. The van der Waals surface area contributed by atoms with Crippen molar-refractivity contribution < 1.29 is 14.3 Å². The van der Waals surface area contributed by atoms with Gasteiger partial charge in [0.1, 0.15) is 11.2 Å². The first-order valence-corrected chi connectivity index (χ1v) is 8.73. The van der Waals surface area contributed by atoms with Gasteiger partial charge in [-0.25, -0.2) is 0 Å². The summed E-state index contributed by atoms with van der Waals surface area (Å²) in [6, 6.07) is 10.8. The number of rotatable bonds is 5. The molecule has 7 nitrogen and oxygen atoms in total. The molecule has 2 aromatic rings. The topological polar surface area (TPSA) is 87.3 Å². The highest BCUT2D eigenvalue weighted by Gasteiger charge is 2.66. The van der Waals surface area contributed by atoms with E-state index in [1.807, 2.05) is 25.1 Å². The second-order valence-electron chi connectivity index (χ2n) is 7.20. The van der Waals surface area contributed by atoms with Gasteiger partial charge in [-0.3, -0.25) is 14.7 Å². The van der Waals surface area contributed by atoms with Gasteiger partial charge in [-0.15, -0.1) is 0 Å². The number of H-pyrrole nitrogens is 1. The Kier molecular flexibility index (Phi) is 3.84. The predicted molar refractivity (Wildman–Crippen MR) is 94.8 cm³/mol. The van der Waals surface area contributed by atoms with E-state index >= 15 is 0 Å². The van der Waals surface area contributed by atoms with Crippen molar-refractivity contribution in [2.75, 3.05) is 20.2 Å². The lowest BCUT2D eigenvalue weighted by Gasteiger charge is -2.54. The Morgan fingerprint density at radius 3 is 2.46 bits per heavy atom. The smallest absolute Gasteiger partial charge is 0.274 e. The fraction of sp³-hybridized carbons (Fsp3) is 0.421. The molecule has 1 aliphatic carbocycles. The van der Waals surface area contributed by atoms with Crippen LogP contribution in [0.3, 0.4) is 0 Å². The van der Waals surface area contributed by atoms with Gasteiger partial charge >= 0.3 is 0 Å². The Balaban J connectivity index is 1.52. The van der Waals surface area contributed by atoms with Crippen LogP contribution < -0.4 is 5.32 Å². The Morgan fingerprint density at radius 2 is 1.92 bits per heavy atom. The van der Waals surface area contributed by atoms with Gasteiger partial charge in [0.15, 0.2) is 0 Å². The molecule has 26 heavy (non-hydrogen) atoms. The fourth-order valence-electron chi connectivity index (χ4n) is 3.79. The molecule has 4 rings (SSSR count). The van der Waals surface area contributed by atoms with Crippen molar-refractivity contribution in [1.29, 1.82) is 0 Å². The summed E-state index contributed by atoms with van der Waals surface area (Å²) in [5, 5.41) is 9.98. The third kappa shape index (κ3) is 2.59. The number of benzene rings is 1. The van der Waals surface area contributed by atoms with Crippen LogP contribution in [0, 0.1) is 6.92 Å². The second-order valence-corrected chi connectivity index (χ2v) is 7.20. The summed E-state index contributed by atoms with van der Waals surface area (Å²) < 4.78 is 5.76. The van der Waals surface area contributed by atoms with Crippen molar-refractivity contribution in [3.05, 3.63) is 53.3 Å². The SMILES string of the molecule is COC1(C2(NC(=O)c3ccccc3)CN(C(=O)c3cc(C)[nH]n3)C2)CC1. The highest BCUT2D eigenvalue weighted by Crippen LogP contribution is 2.51. The fourth-order valence-corrected chi connectivity index (χ4v) is 3.79. The van der Waals surface area contributed by atoms with Crippen LogP contribution in [0.25, 0.3) is 0 Å². The number of aromatic nitrogens is 2. The van der Waals surface area contributed by atoms with E-state index in [9.17, 15) is 9.59 Å². The molecule has 1 aliphatic heterocycles. The van der Waals surface area contributed by atoms with E-state index < -0.39 is 11.1 Å². The number of likely N-dealkylation sites (tertiary alicyclic amines) is 1. The van der Waals surface area contributed by atoms with Crippen LogP contribution in [0.5, 0.6) is 0 Å². The quantitative estimate of drug-likeness (QED) is 0.852. The molecule has 0 spiro atoms. The van der Waals surface area contributed by atoms with Gasteiger partial charge in [-0.2, -0.15) is 5.10 Å². The van der Waals surface area contributed by atoms with E-state index in [0.717, 1.165) is 18.5 Å². The average Bonchev–Trinajstić information content (AvgIpc) is 3.32. The summed E-state index contributed by atoms with van der Waals surface area (Å²) in [6.07, 6.45) is 1.75. The first kappa shape index (κ1) is 16.8. The highest BCUT2D eigenvalue weighted by atomic mass is 16.5. The van der Waals surface area contributed by atoms with E-state index in [4.69, 9.17) is 4.74 Å². The second kappa shape index (κ2) is 5.95. The van der Waals surface area contributed by atoms with E-state index in [0.29, 0.717) is 24.3 Å². The third-order valence-electron chi connectivity index (χ3n) is 5.49. The first-order chi connectivity index (χ1) is 12.5. The maximum atomic E-state index is 12.7. The van der Waals surface area contributed by atoms with Crippen molar-refractivity contribution in [2.45, 2.75) is 30.9 Å². The molecule has 2 fully saturated rings. The van der Waals surface area contributed by atoms with Crippen molar-refractivity contribution in [2.24, 2.45) is 0 Å². The minimum absolute atomic E-state index is 0.133. The molecule has 2 amide bonds. The lowest BCUT2D eigenvalue weighted by molar-refractivity contribution is -0.0710. The largest absolute Gasteiger partial charge is 0.376 e. The molecule has 0 atom stereocenters. The third-order valence-corrected chi connectivity index (χ3v) is 5.49. The standard InChI is InChI=1S/C19H22N4O3/c1-13-10-15(22-21-13)17(25)23-11-18(12-23,19(26-2)8-9-19)20-16(24)14-6-4-3-5-7-14/h3-7,10H,8-9,11-12H2,1-2H3,(H,20,24)(H,21,22). The summed E-state index contributed by atoms with van der Waals surface area (Å²) >= 11 is 0. The maximum absolute atomic E-state index is 12.7. The van der Waals surface area contributed by atoms with Gasteiger partial charge < -0.3 is 15.0 Å². The number of nitrogens with one attached hydrogen (secondary N) is 2. The van der Waals surface area contributed by atoms with Crippen LogP contribution in [0.1, 0.15) is 39.4 Å². The number of hydrogen-bond donors (Lipinski definition) is 2. The number of aromatic amines is 1. The number of aryl methyl sites for hydroxylation is 1. The summed E-state index contributed by atoms with van der Waals surface area (Å²) in [5.74, 6) is -0.275. The van der Waals surface area contributed by atoms with Gasteiger partial charge in [-0.05, 0) is 38.0 Å². The highest BCUT2D eigenvalue weighted by molar-refractivity contribution is 5.96. The number of hydrogen-bond acceptors (Lipinski definition) is 4. The van der Waals surface area contributed by atoms with Crippen LogP contribution in [-0.2, 0) is 4.74 Å². The normalized spacial score (nSPS) is 19.5. The molecule has 1 aromatic carbocycles. The first-order valence-electron chi connectivity index (χ1n) is 8.73. The Hall–Kier alpha value is -2.67. The molecule has 2 aliphatic rings. The number of ether oxygens (including phenoxy) is 1. The summed E-state index contributed by atoms with van der Waals surface area (Å²) in [4.78, 5) is 27.0. The Bertz CT molecular complexity index is 835. The van der Waals surface area contributed by atoms with Crippen LogP contribution in [0.15, 0.2) is 36.4 Å². The van der Waals surface area contributed by atoms with Crippen LogP contribution in [-0.4, -0.2) is 58.3 Å². The zero-order valence-corrected chi connectivity index (χ0v) is 14.9. The van der Waals surface area contributed by atoms with Crippen molar-refractivity contribution in [3.8, 4) is 0 Å². The van der Waals surface area contributed by atoms with E-state index in [2.05, 4.69) is 15.5 Å². The Morgan fingerprint density at radius 1 is 1.23 bits per heavy atom. The predicted octanol–water partition coefficient (Wildman–Crippen LogP) is 1.52.